The molecule has 2 aromatic carbocycles. The van der Waals surface area contributed by atoms with Gasteiger partial charge in [0.15, 0.2) is 0 Å². The van der Waals surface area contributed by atoms with Crippen LogP contribution in [0.4, 0.5) is 24.5 Å². The number of hydrogen-bond acceptors (Lipinski definition) is 4. The van der Waals surface area contributed by atoms with Crippen LogP contribution in [0.15, 0.2) is 36.4 Å². The predicted octanol–water partition coefficient (Wildman–Crippen LogP) is 5.00. The first-order valence-corrected chi connectivity index (χ1v) is 11.3. The number of alkyl halides is 3. The van der Waals surface area contributed by atoms with Gasteiger partial charge in [-0.2, -0.15) is 18.4 Å². The molecule has 0 aliphatic carbocycles. The number of anilines is 2. The van der Waals surface area contributed by atoms with Crippen LogP contribution in [0.1, 0.15) is 36.1 Å². The quantitative estimate of drug-likeness (QED) is 0.568. The molecule has 35 heavy (non-hydrogen) atoms. The van der Waals surface area contributed by atoms with Gasteiger partial charge in [-0.15, -0.1) is 0 Å². The summed E-state index contributed by atoms with van der Waals surface area (Å²) >= 11 is 0. The van der Waals surface area contributed by atoms with Gasteiger partial charge in [-0.05, 0) is 56.8 Å². The van der Waals surface area contributed by atoms with Crippen molar-refractivity contribution in [2.24, 2.45) is 11.8 Å². The lowest BCUT2D eigenvalue weighted by Crippen LogP contribution is -2.44. The number of carbonyl (C=O) groups excluding carboxylic acids is 2. The van der Waals surface area contributed by atoms with E-state index in [-0.39, 0.29) is 23.7 Å². The van der Waals surface area contributed by atoms with Crippen molar-refractivity contribution in [1.82, 2.24) is 4.90 Å². The van der Waals surface area contributed by atoms with Crippen molar-refractivity contribution in [2.45, 2.75) is 33.9 Å². The van der Waals surface area contributed by atoms with Gasteiger partial charge in [-0.25, -0.2) is 0 Å². The number of nitriles is 1. The molecular formula is C26H31F3N4O2. The van der Waals surface area contributed by atoms with E-state index in [1.165, 1.54) is 11.0 Å². The number of para-hydroxylation sites is 1. The minimum Gasteiger partial charge on any atom is -0.326 e. The van der Waals surface area contributed by atoms with Crippen molar-refractivity contribution >= 4 is 23.2 Å². The summed E-state index contributed by atoms with van der Waals surface area (Å²) in [5, 5.41) is 11.6. The summed E-state index contributed by atoms with van der Waals surface area (Å²) in [5.74, 6) is -2.49. The van der Waals surface area contributed by atoms with Gasteiger partial charge in [0.05, 0.1) is 23.1 Å². The zero-order valence-corrected chi connectivity index (χ0v) is 20.8. The highest BCUT2D eigenvalue weighted by Gasteiger charge is 2.35. The summed E-state index contributed by atoms with van der Waals surface area (Å²) in [7, 11) is 3.45. The standard InChI is InChI=1S/C26H31F3N4O2/c1-7-32(5)15-22(18(4)25(35)33(6)23-16(2)9-8-10-17(23)3)24(34)31-21-12-19(14-30)11-20(13-21)26(27,28)29/h8-13,18,22H,7,15H2,1-6H3,(H,31,34). The molecule has 2 unspecified atom stereocenters. The number of amides is 2. The second-order valence-corrected chi connectivity index (χ2v) is 8.79. The molecule has 0 aliphatic heterocycles. The zero-order chi connectivity index (χ0) is 26.5. The lowest BCUT2D eigenvalue weighted by atomic mass is 9.90. The van der Waals surface area contributed by atoms with Crippen LogP contribution in [-0.4, -0.2) is 43.9 Å². The van der Waals surface area contributed by atoms with E-state index in [0.717, 1.165) is 28.9 Å². The molecule has 0 aromatic heterocycles. The number of carbonyl (C=O) groups is 2. The molecule has 2 atom stereocenters. The molecule has 0 bridgehead atoms. The number of nitrogens with one attached hydrogen (secondary N) is 1. The third-order valence-corrected chi connectivity index (χ3v) is 6.14. The maximum Gasteiger partial charge on any atom is 0.416 e. The van der Waals surface area contributed by atoms with Crippen molar-refractivity contribution < 1.29 is 22.8 Å². The topological polar surface area (TPSA) is 76.4 Å². The molecule has 0 aliphatic rings. The van der Waals surface area contributed by atoms with Gasteiger partial charge in [-0.1, -0.05) is 32.0 Å². The molecule has 188 valence electrons. The van der Waals surface area contributed by atoms with Gasteiger partial charge in [0.1, 0.15) is 0 Å². The van der Waals surface area contributed by atoms with E-state index in [2.05, 4.69) is 5.32 Å². The van der Waals surface area contributed by atoms with Crippen molar-refractivity contribution in [1.29, 1.82) is 5.26 Å². The Morgan fingerprint density at radius 3 is 2.23 bits per heavy atom. The minimum absolute atomic E-state index is 0.145. The normalized spacial score (nSPS) is 13.2. The van der Waals surface area contributed by atoms with Gasteiger partial charge in [0, 0.05) is 30.9 Å². The summed E-state index contributed by atoms with van der Waals surface area (Å²) in [6, 6.07) is 10.1. The van der Waals surface area contributed by atoms with Gasteiger partial charge in [0.25, 0.3) is 0 Å². The summed E-state index contributed by atoms with van der Waals surface area (Å²) in [6.07, 6.45) is -4.68. The SMILES string of the molecule is CCN(C)CC(C(=O)Nc1cc(C#N)cc(C(F)(F)F)c1)C(C)C(=O)N(C)c1c(C)cccc1C. The van der Waals surface area contributed by atoms with Crippen LogP contribution in [0.2, 0.25) is 0 Å². The molecule has 0 saturated heterocycles. The number of hydrogen-bond donors (Lipinski definition) is 1. The van der Waals surface area contributed by atoms with Gasteiger partial charge in [-0.3, -0.25) is 9.59 Å². The van der Waals surface area contributed by atoms with Gasteiger partial charge in [0.2, 0.25) is 11.8 Å². The zero-order valence-electron chi connectivity index (χ0n) is 20.8. The van der Waals surface area contributed by atoms with Crippen molar-refractivity contribution in [3.8, 4) is 6.07 Å². The number of halogens is 3. The molecular weight excluding hydrogens is 457 g/mol. The van der Waals surface area contributed by atoms with E-state index in [9.17, 15) is 22.8 Å². The molecule has 6 nitrogen and oxygen atoms in total. The molecule has 0 spiro atoms. The van der Waals surface area contributed by atoms with E-state index >= 15 is 0 Å². The monoisotopic (exact) mass is 488 g/mol. The highest BCUT2D eigenvalue weighted by Crippen LogP contribution is 2.32. The molecule has 1 N–H and O–H groups in total. The highest BCUT2D eigenvalue weighted by molar-refractivity contribution is 6.01. The summed E-state index contributed by atoms with van der Waals surface area (Å²) in [5.41, 5.74) is 1.17. The Kier molecular flexibility index (Phi) is 9.05. The largest absolute Gasteiger partial charge is 0.416 e. The molecule has 2 rings (SSSR count). The first kappa shape index (κ1) is 27.9. The van der Waals surface area contributed by atoms with Crippen LogP contribution in [-0.2, 0) is 15.8 Å². The highest BCUT2D eigenvalue weighted by atomic mass is 19.4. The first-order valence-electron chi connectivity index (χ1n) is 11.3. The number of nitrogens with zero attached hydrogens (tertiary/aromatic N) is 3. The lowest BCUT2D eigenvalue weighted by molar-refractivity contribution is -0.137. The molecule has 2 amide bonds. The van der Waals surface area contributed by atoms with Crippen LogP contribution in [0.25, 0.3) is 0 Å². The third kappa shape index (κ3) is 6.83. The maximum atomic E-state index is 13.4. The summed E-state index contributed by atoms with van der Waals surface area (Å²) in [4.78, 5) is 30.1. The first-order chi connectivity index (χ1) is 16.3. The number of aryl methyl sites for hydroxylation is 2. The Bertz CT molecular complexity index is 1100. The van der Waals surface area contributed by atoms with E-state index < -0.39 is 29.5 Å². The maximum absolute atomic E-state index is 13.4. The van der Waals surface area contributed by atoms with E-state index in [4.69, 9.17) is 5.26 Å². The number of rotatable bonds is 8. The smallest absolute Gasteiger partial charge is 0.326 e. The van der Waals surface area contributed by atoms with Crippen LogP contribution in [0, 0.1) is 37.0 Å². The van der Waals surface area contributed by atoms with Crippen LogP contribution in [0.5, 0.6) is 0 Å². The predicted molar refractivity (Wildman–Crippen MR) is 130 cm³/mol. The molecule has 0 fully saturated rings. The van der Waals surface area contributed by atoms with Crippen LogP contribution >= 0.6 is 0 Å². The molecule has 2 aromatic rings. The average molecular weight is 489 g/mol. The van der Waals surface area contributed by atoms with E-state index in [1.54, 1.807) is 27.1 Å². The van der Waals surface area contributed by atoms with Crippen LogP contribution < -0.4 is 10.2 Å². The average Bonchev–Trinajstić information content (AvgIpc) is 2.80. The lowest BCUT2D eigenvalue weighted by Gasteiger charge is -2.31. The van der Waals surface area contributed by atoms with E-state index in [1.807, 2.05) is 43.9 Å². The Morgan fingerprint density at radius 2 is 1.71 bits per heavy atom. The Hall–Kier alpha value is -3.38. The second-order valence-electron chi connectivity index (χ2n) is 8.79. The minimum atomic E-state index is -4.68. The van der Waals surface area contributed by atoms with Gasteiger partial charge >= 0.3 is 6.18 Å². The molecule has 0 heterocycles. The molecule has 0 radical (unpaired) electrons. The van der Waals surface area contributed by atoms with Gasteiger partial charge < -0.3 is 15.1 Å². The van der Waals surface area contributed by atoms with Crippen molar-refractivity contribution in [3.05, 3.63) is 58.7 Å². The Balaban J connectivity index is 2.38. The Morgan fingerprint density at radius 1 is 1.11 bits per heavy atom. The van der Waals surface area contributed by atoms with Crippen molar-refractivity contribution in [3.63, 3.8) is 0 Å². The fraction of sp³-hybridized carbons (Fsp3) is 0.423. The summed E-state index contributed by atoms with van der Waals surface area (Å²) in [6.45, 7) is 8.17. The Labute approximate surface area is 204 Å². The van der Waals surface area contributed by atoms with Crippen LogP contribution in [0.3, 0.4) is 0 Å². The van der Waals surface area contributed by atoms with E-state index in [0.29, 0.717) is 6.54 Å². The summed E-state index contributed by atoms with van der Waals surface area (Å²) < 4.78 is 39.8. The molecule has 0 saturated carbocycles. The fourth-order valence-electron chi connectivity index (χ4n) is 4.02. The molecule has 9 heteroatoms. The van der Waals surface area contributed by atoms with Crippen molar-refractivity contribution in [2.75, 3.05) is 37.4 Å². The third-order valence-electron chi connectivity index (χ3n) is 6.14. The second kappa shape index (κ2) is 11.4. The fourth-order valence-corrected chi connectivity index (χ4v) is 4.02. The number of benzene rings is 2.